The molecule has 1 fully saturated rings. The first-order valence-corrected chi connectivity index (χ1v) is 9.81. The lowest BCUT2D eigenvalue weighted by atomic mass is 10.1. The zero-order valence-corrected chi connectivity index (χ0v) is 14.4. The molecule has 3 rings (SSSR count). The second-order valence-corrected chi connectivity index (χ2v) is 7.90. The molecular weight excluding hydrogens is 326 g/mol. The van der Waals surface area contributed by atoms with Crippen LogP contribution in [0.3, 0.4) is 0 Å². The maximum absolute atomic E-state index is 12.7. The normalized spacial score (nSPS) is 18.5. The van der Waals surface area contributed by atoms with Crippen molar-refractivity contribution in [3.05, 3.63) is 54.4 Å². The number of aromatic nitrogens is 1. The monoisotopic (exact) mass is 347 g/mol. The van der Waals surface area contributed by atoms with Crippen LogP contribution in [0.25, 0.3) is 5.69 Å². The maximum atomic E-state index is 12.7. The molecule has 0 aliphatic carbocycles. The topological polar surface area (TPSA) is 71.4 Å². The summed E-state index contributed by atoms with van der Waals surface area (Å²) in [7, 11) is -3.26. The van der Waals surface area contributed by atoms with Gasteiger partial charge in [0.05, 0.1) is 6.26 Å². The van der Waals surface area contributed by atoms with Gasteiger partial charge in [-0.05, 0) is 49.2 Å². The summed E-state index contributed by atoms with van der Waals surface area (Å²) in [6, 6.07) is 11.1. The van der Waals surface area contributed by atoms with Gasteiger partial charge in [-0.1, -0.05) is 0 Å². The highest BCUT2D eigenvalue weighted by Gasteiger charge is 2.26. The van der Waals surface area contributed by atoms with Crippen molar-refractivity contribution in [3.8, 4) is 5.69 Å². The van der Waals surface area contributed by atoms with Crippen LogP contribution < -0.4 is 4.72 Å². The third kappa shape index (κ3) is 4.04. The summed E-state index contributed by atoms with van der Waals surface area (Å²) in [5.74, 6) is -0.0611. The second kappa shape index (κ2) is 6.78. The smallest absolute Gasteiger partial charge is 0.253 e. The van der Waals surface area contributed by atoms with Crippen LogP contribution in [0, 0.1) is 0 Å². The van der Waals surface area contributed by atoms with Crippen molar-refractivity contribution in [2.24, 2.45) is 0 Å². The minimum absolute atomic E-state index is 0.0611. The number of hydrogen-bond acceptors (Lipinski definition) is 3. The highest BCUT2D eigenvalue weighted by molar-refractivity contribution is 7.88. The molecule has 1 N–H and O–H groups in total. The molecule has 24 heavy (non-hydrogen) atoms. The number of carbonyl (C=O) groups is 1. The number of nitrogens with one attached hydrogen (secondary N) is 1. The lowest BCUT2D eigenvalue weighted by Gasteiger charge is -2.32. The molecule has 1 saturated heterocycles. The predicted molar refractivity (Wildman–Crippen MR) is 92.7 cm³/mol. The van der Waals surface area contributed by atoms with E-state index >= 15 is 0 Å². The van der Waals surface area contributed by atoms with Gasteiger partial charge in [0.25, 0.3) is 5.91 Å². The van der Waals surface area contributed by atoms with Crippen LogP contribution in [-0.2, 0) is 10.0 Å². The number of amides is 1. The number of likely N-dealkylation sites (tertiary alicyclic amines) is 1. The Kier molecular flexibility index (Phi) is 4.73. The summed E-state index contributed by atoms with van der Waals surface area (Å²) in [4.78, 5) is 14.4. The fourth-order valence-corrected chi connectivity index (χ4v) is 3.82. The molecule has 7 heteroatoms. The molecule has 0 bridgehead atoms. The van der Waals surface area contributed by atoms with Gasteiger partial charge in [0, 0.05) is 42.8 Å². The van der Waals surface area contributed by atoms with E-state index in [-0.39, 0.29) is 11.9 Å². The van der Waals surface area contributed by atoms with Crippen LogP contribution in [0.2, 0.25) is 0 Å². The number of nitrogens with zero attached hydrogens (tertiary/aromatic N) is 2. The number of piperidine rings is 1. The van der Waals surface area contributed by atoms with E-state index in [0.29, 0.717) is 18.7 Å². The largest absolute Gasteiger partial charge is 0.337 e. The van der Waals surface area contributed by atoms with Crippen LogP contribution >= 0.6 is 0 Å². The highest BCUT2D eigenvalue weighted by atomic mass is 32.2. The van der Waals surface area contributed by atoms with Crippen LogP contribution in [0.1, 0.15) is 23.2 Å². The molecule has 1 unspecified atom stereocenters. The molecule has 1 aromatic carbocycles. The maximum Gasteiger partial charge on any atom is 0.253 e. The molecule has 6 nitrogen and oxygen atoms in total. The Labute approximate surface area is 142 Å². The molecule has 0 saturated carbocycles. The lowest BCUT2D eigenvalue weighted by Crippen LogP contribution is -2.49. The Balaban J connectivity index is 1.69. The minimum Gasteiger partial charge on any atom is -0.337 e. The lowest BCUT2D eigenvalue weighted by molar-refractivity contribution is 0.0703. The van der Waals surface area contributed by atoms with Crippen molar-refractivity contribution in [1.29, 1.82) is 0 Å². The van der Waals surface area contributed by atoms with E-state index in [2.05, 4.69) is 4.72 Å². The number of rotatable bonds is 4. The van der Waals surface area contributed by atoms with E-state index in [0.717, 1.165) is 24.8 Å². The first-order chi connectivity index (χ1) is 11.4. The average Bonchev–Trinajstić information content (AvgIpc) is 3.07. The zero-order chi connectivity index (χ0) is 17.2. The van der Waals surface area contributed by atoms with Crippen molar-refractivity contribution in [1.82, 2.24) is 14.2 Å². The van der Waals surface area contributed by atoms with Gasteiger partial charge in [-0.2, -0.15) is 0 Å². The fourth-order valence-electron chi connectivity index (χ4n) is 3.03. The van der Waals surface area contributed by atoms with E-state index < -0.39 is 10.0 Å². The molecule has 1 aliphatic rings. The first-order valence-electron chi connectivity index (χ1n) is 7.92. The molecule has 1 aliphatic heterocycles. The Morgan fingerprint density at radius 1 is 1.17 bits per heavy atom. The van der Waals surface area contributed by atoms with Crippen LogP contribution in [0.4, 0.5) is 0 Å². The van der Waals surface area contributed by atoms with Gasteiger partial charge < -0.3 is 9.47 Å². The molecule has 0 spiro atoms. The summed E-state index contributed by atoms with van der Waals surface area (Å²) >= 11 is 0. The Morgan fingerprint density at radius 3 is 2.46 bits per heavy atom. The summed E-state index contributed by atoms with van der Waals surface area (Å²) < 4.78 is 27.3. The predicted octanol–water partition coefficient (Wildman–Crippen LogP) is 1.63. The van der Waals surface area contributed by atoms with Crippen molar-refractivity contribution in [2.45, 2.75) is 18.9 Å². The fraction of sp³-hybridized carbons (Fsp3) is 0.353. The quantitative estimate of drug-likeness (QED) is 0.914. The number of carbonyl (C=O) groups excluding carboxylic acids is 1. The summed E-state index contributed by atoms with van der Waals surface area (Å²) in [5.41, 5.74) is 1.61. The number of sulfonamides is 1. The van der Waals surface area contributed by atoms with Gasteiger partial charge >= 0.3 is 0 Å². The van der Waals surface area contributed by atoms with Gasteiger partial charge in [0.1, 0.15) is 0 Å². The zero-order valence-electron chi connectivity index (χ0n) is 13.6. The Hall–Kier alpha value is -2.12. The van der Waals surface area contributed by atoms with Crippen LogP contribution in [0.15, 0.2) is 48.8 Å². The first kappa shape index (κ1) is 16.7. The molecule has 1 aromatic heterocycles. The van der Waals surface area contributed by atoms with Crippen molar-refractivity contribution < 1.29 is 13.2 Å². The Morgan fingerprint density at radius 2 is 1.83 bits per heavy atom. The summed E-state index contributed by atoms with van der Waals surface area (Å²) in [6.45, 7) is 1.06. The van der Waals surface area contributed by atoms with E-state index in [1.165, 1.54) is 0 Å². The van der Waals surface area contributed by atoms with Gasteiger partial charge in [-0.15, -0.1) is 0 Å². The van der Waals surface area contributed by atoms with E-state index in [1.54, 1.807) is 4.90 Å². The second-order valence-electron chi connectivity index (χ2n) is 6.12. The van der Waals surface area contributed by atoms with E-state index in [1.807, 2.05) is 53.4 Å². The minimum atomic E-state index is -3.26. The summed E-state index contributed by atoms with van der Waals surface area (Å²) in [6.07, 6.45) is 6.59. The number of benzene rings is 1. The molecule has 2 aromatic rings. The molecular formula is C17H21N3O3S. The van der Waals surface area contributed by atoms with Gasteiger partial charge in [-0.25, -0.2) is 13.1 Å². The van der Waals surface area contributed by atoms with Gasteiger partial charge in [0.15, 0.2) is 0 Å². The highest BCUT2D eigenvalue weighted by Crippen LogP contribution is 2.16. The van der Waals surface area contributed by atoms with E-state index in [9.17, 15) is 13.2 Å². The van der Waals surface area contributed by atoms with Crippen LogP contribution in [0.5, 0.6) is 0 Å². The van der Waals surface area contributed by atoms with Gasteiger partial charge in [0.2, 0.25) is 10.0 Å². The van der Waals surface area contributed by atoms with Crippen LogP contribution in [-0.4, -0.2) is 49.2 Å². The number of hydrogen-bond donors (Lipinski definition) is 1. The third-order valence-corrected chi connectivity index (χ3v) is 4.87. The average molecular weight is 347 g/mol. The van der Waals surface area contributed by atoms with Crippen molar-refractivity contribution >= 4 is 15.9 Å². The Bertz CT molecular complexity index is 798. The molecule has 2 heterocycles. The van der Waals surface area contributed by atoms with Crippen molar-refractivity contribution in [2.75, 3.05) is 19.3 Å². The van der Waals surface area contributed by atoms with E-state index in [4.69, 9.17) is 0 Å². The molecule has 1 atom stereocenters. The van der Waals surface area contributed by atoms with Crippen molar-refractivity contribution in [3.63, 3.8) is 0 Å². The third-order valence-electron chi connectivity index (χ3n) is 4.11. The van der Waals surface area contributed by atoms with Gasteiger partial charge in [-0.3, -0.25) is 4.79 Å². The summed E-state index contributed by atoms with van der Waals surface area (Å²) in [5, 5.41) is 0. The molecule has 128 valence electrons. The molecule has 0 radical (unpaired) electrons. The molecule has 1 amide bonds. The standard InChI is InChI=1S/C17H21N3O3S/c1-24(22,23)18-15-5-4-12-20(13-15)17(21)14-6-8-16(9-7-14)19-10-2-3-11-19/h2-3,6-11,15,18H,4-5,12-13H2,1H3. The SMILES string of the molecule is CS(=O)(=O)NC1CCCN(C(=O)c2ccc(-n3cccc3)cc2)C1.